The van der Waals surface area contributed by atoms with E-state index < -0.39 is 17.7 Å². The lowest BCUT2D eigenvalue weighted by Gasteiger charge is -2.09. The quantitative estimate of drug-likeness (QED) is 0.911. The molecular formula is C12H9F3N2O2. The summed E-state index contributed by atoms with van der Waals surface area (Å²) < 4.78 is 37.7. The van der Waals surface area contributed by atoms with Crippen molar-refractivity contribution in [3.05, 3.63) is 35.2 Å². The molecule has 7 heteroatoms. The van der Waals surface area contributed by atoms with Gasteiger partial charge in [-0.2, -0.15) is 13.2 Å². The first-order chi connectivity index (χ1) is 8.77. The van der Waals surface area contributed by atoms with E-state index in [-0.39, 0.29) is 17.6 Å². The normalized spacial score (nSPS) is 11.8. The van der Waals surface area contributed by atoms with E-state index in [0.29, 0.717) is 11.2 Å². The van der Waals surface area contributed by atoms with Gasteiger partial charge in [-0.25, -0.2) is 9.97 Å². The Morgan fingerprint density at radius 2 is 1.95 bits per heavy atom. The number of halogens is 3. The van der Waals surface area contributed by atoms with Crippen molar-refractivity contribution in [1.82, 2.24) is 9.97 Å². The molecule has 2 aromatic rings. The minimum atomic E-state index is -4.46. The molecule has 0 spiro atoms. The highest BCUT2D eigenvalue weighted by molar-refractivity contribution is 5.77. The van der Waals surface area contributed by atoms with Crippen molar-refractivity contribution in [2.24, 2.45) is 0 Å². The first kappa shape index (κ1) is 13.3. The average molecular weight is 270 g/mol. The Morgan fingerprint density at radius 1 is 1.26 bits per heavy atom. The highest BCUT2D eigenvalue weighted by Crippen LogP contribution is 2.30. The minimum absolute atomic E-state index is 0.0386. The Morgan fingerprint density at radius 3 is 2.53 bits per heavy atom. The molecule has 1 heterocycles. The number of rotatable bonds is 2. The lowest BCUT2D eigenvalue weighted by atomic mass is 10.1. The molecule has 2 rings (SSSR count). The lowest BCUT2D eigenvalue weighted by Crippen LogP contribution is -2.08. The molecule has 100 valence electrons. The van der Waals surface area contributed by atoms with Crippen molar-refractivity contribution in [2.45, 2.75) is 19.5 Å². The Kier molecular flexibility index (Phi) is 3.13. The van der Waals surface area contributed by atoms with E-state index in [4.69, 9.17) is 5.11 Å². The van der Waals surface area contributed by atoms with E-state index in [9.17, 15) is 18.0 Å². The summed E-state index contributed by atoms with van der Waals surface area (Å²) in [6, 6.07) is 3.02. The highest BCUT2D eigenvalue weighted by atomic mass is 19.4. The summed E-state index contributed by atoms with van der Waals surface area (Å²) in [5.41, 5.74) is 0.0738. The molecule has 0 amide bonds. The lowest BCUT2D eigenvalue weighted by molar-refractivity contribution is -0.138. The number of alkyl halides is 3. The van der Waals surface area contributed by atoms with Crippen molar-refractivity contribution >= 4 is 17.0 Å². The van der Waals surface area contributed by atoms with Gasteiger partial charge in [0.2, 0.25) is 0 Å². The van der Waals surface area contributed by atoms with Crippen LogP contribution in [0.1, 0.15) is 17.0 Å². The van der Waals surface area contributed by atoms with Crippen LogP contribution in [0.5, 0.6) is 0 Å². The van der Waals surface area contributed by atoms with Crippen LogP contribution in [0.4, 0.5) is 13.2 Å². The molecule has 0 fully saturated rings. The highest BCUT2D eigenvalue weighted by Gasteiger charge is 2.30. The molecule has 19 heavy (non-hydrogen) atoms. The number of aryl methyl sites for hydroxylation is 1. The zero-order valence-electron chi connectivity index (χ0n) is 9.82. The van der Waals surface area contributed by atoms with Crippen LogP contribution in [-0.2, 0) is 17.4 Å². The van der Waals surface area contributed by atoms with E-state index >= 15 is 0 Å². The third-order valence-corrected chi connectivity index (χ3v) is 2.58. The minimum Gasteiger partial charge on any atom is -0.481 e. The Bertz CT molecular complexity index is 653. The predicted molar refractivity (Wildman–Crippen MR) is 60.6 cm³/mol. The molecule has 0 aliphatic carbocycles. The first-order valence-corrected chi connectivity index (χ1v) is 5.33. The molecule has 0 aliphatic heterocycles. The van der Waals surface area contributed by atoms with Gasteiger partial charge in [0.1, 0.15) is 0 Å². The van der Waals surface area contributed by atoms with Crippen molar-refractivity contribution < 1.29 is 23.1 Å². The maximum absolute atomic E-state index is 12.6. The average Bonchev–Trinajstić information content (AvgIpc) is 2.27. The summed E-state index contributed by atoms with van der Waals surface area (Å²) in [6.45, 7) is 1.57. The largest absolute Gasteiger partial charge is 0.481 e. The van der Waals surface area contributed by atoms with Crippen LogP contribution in [0.3, 0.4) is 0 Å². The second kappa shape index (κ2) is 4.49. The number of aromatic nitrogens is 2. The number of carboxylic acids is 1. The summed E-state index contributed by atoms with van der Waals surface area (Å²) in [5, 5.41) is 8.70. The van der Waals surface area contributed by atoms with Gasteiger partial charge in [0, 0.05) is 0 Å². The van der Waals surface area contributed by atoms with E-state index in [1.165, 1.54) is 6.07 Å². The summed E-state index contributed by atoms with van der Waals surface area (Å²) in [5.74, 6) is -1.11. The van der Waals surface area contributed by atoms with Crippen molar-refractivity contribution in [2.75, 3.05) is 0 Å². The standard InChI is InChI=1S/C12H9F3N2O2/c1-6-9(5-11(18)19)17-10-4-7(12(13,14)15)2-3-8(10)16-6/h2-4H,5H2,1H3,(H,18,19). The van der Waals surface area contributed by atoms with Crippen molar-refractivity contribution in [3.8, 4) is 0 Å². The number of aliphatic carboxylic acids is 1. The van der Waals surface area contributed by atoms with Gasteiger partial charge in [-0.05, 0) is 25.1 Å². The maximum atomic E-state index is 12.6. The van der Waals surface area contributed by atoms with Gasteiger partial charge in [0.05, 0.1) is 34.4 Å². The summed E-state index contributed by atoms with van der Waals surface area (Å²) in [7, 11) is 0. The molecule has 1 N–H and O–H groups in total. The van der Waals surface area contributed by atoms with E-state index in [2.05, 4.69) is 9.97 Å². The van der Waals surface area contributed by atoms with E-state index in [0.717, 1.165) is 12.1 Å². The number of nitrogens with zero attached hydrogens (tertiary/aromatic N) is 2. The smallest absolute Gasteiger partial charge is 0.416 e. The van der Waals surface area contributed by atoms with Crippen LogP contribution >= 0.6 is 0 Å². The number of carboxylic acid groups (broad SMARTS) is 1. The third kappa shape index (κ3) is 2.81. The molecule has 0 aliphatic rings. The number of fused-ring (bicyclic) bond motifs is 1. The van der Waals surface area contributed by atoms with Gasteiger partial charge in [-0.3, -0.25) is 4.79 Å². The number of hydrogen-bond donors (Lipinski definition) is 1. The van der Waals surface area contributed by atoms with Crippen LogP contribution in [0, 0.1) is 6.92 Å². The molecule has 0 bridgehead atoms. The van der Waals surface area contributed by atoms with Crippen molar-refractivity contribution in [3.63, 3.8) is 0 Å². The molecular weight excluding hydrogens is 261 g/mol. The number of hydrogen-bond acceptors (Lipinski definition) is 3. The van der Waals surface area contributed by atoms with Crippen LogP contribution in [0.15, 0.2) is 18.2 Å². The number of carbonyl (C=O) groups is 1. The van der Waals surface area contributed by atoms with Gasteiger partial charge in [0.15, 0.2) is 0 Å². The third-order valence-electron chi connectivity index (χ3n) is 2.58. The van der Waals surface area contributed by atoms with E-state index in [1.54, 1.807) is 6.92 Å². The Balaban J connectivity index is 2.58. The monoisotopic (exact) mass is 270 g/mol. The summed E-state index contributed by atoms with van der Waals surface area (Å²) >= 11 is 0. The molecule has 0 saturated heterocycles. The molecule has 1 aromatic carbocycles. The fourth-order valence-corrected chi connectivity index (χ4v) is 1.67. The molecule has 0 atom stereocenters. The van der Waals surface area contributed by atoms with Gasteiger partial charge in [-0.1, -0.05) is 0 Å². The second-order valence-corrected chi connectivity index (χ2v) is 4.03. The van der Waals surface area contributed by atoms with Gasteiger partial charge >= 0.3 is 12.1 Å². The Labute approximate surface area is 105 Å². The SMILES string of the molecule is Cc1nc2ccc(C(F)(F)F)cc2nc1CC(=O)O. The van der Waals surface area contributed by atoms with Gasteiger partial charge in [-0.15, -0.1) is 0 Å². The number of benzene rings is 1. The van der Waals surface area contributed by atoms with Gasteiger partial charge < -0.3 is 5.11 Å². The topological polar surface area (TPSA) is 63.1 Å². The van der Waals surface area contributed by atoms with Crippen LogP contribution in [-0.4, -0.2) is 21.0 Å². The second-order valence-electron chi connectivity index (χ2n) is 4.03. The zero-order valence-corrected chi connectivity index (χ0v) is 9.82. The van der Waals surface area contributed by atoms with Crippen molar-refractivity contribution in [1.29, 1.82) is 0 Å². The zero-order chi connectivity index (χ0) is 14.2. The fourth-order valence-electron chi connectivity index (χ4n) is 1.67. The summed E-state index contributed by atoms with van der Waals surface area (Å²) in [6.07, 6.45) is -4.83. The molecule has 0 radical (unpaired) electrons. The van der Waals surface area contributed by atoms with E-state index in [1.807, 2.05) is 0 Å². The summed E-state index contributed by atoms with van der Waals surface area (Å²) in [4.78, 5) is 18.6. The first-order valence-electron chi connectivity index (χ1n) is 5.33. The fraction of sp³-hybridized carbons (Fsp3) is 0.250. The molecule has 0 unspecified atom stereocenters. The Hall–Kier alpha value is -2.18. The van der Waals surface area contributed by atoms with Crippen LogP contribution in [0.2, 0.25) is 0 Å². The molecule has 1 aromatic heterocycles. The van der Waals surface area contributed by atoms with Crippen LogP contribution in [0.25, 0.3) is 11.0 Å². The van der Waals surface area contributed by atoms with Gasteiger partial charge in [0.25, 0.3) is 0 Å². The molecule has 4 nitrogen and oxygen atoms in total. The maximum Gasteiger partial charge on any atom is 0.416 e. The molecule has 0 saturated carbocycles. The van der Waals surface area contributed by atoms with Crippen LogP contribution < -0.4 is 0 Å². The predicted octanol–water partition coefficient (Wildman–Crippen LogP) is 2.58.